The van der Waals surface area contributed by atoms with Gasteiger partial charge in [0, 0.05) is 13.1 Å². The topological polar surface area (TPSA) is 50.7 Å². The molecule has 4 nitrogen and oxygen atoms in total. The Morgan fingerprint density at radius 1 is 1.09 bits per heavy atom. The molecule has 1 atom stereocenters. The van der Waals surface area contributed by atoms with Crippen molar-refractivity contribution in [2.24, 2.45) is 0 Å². The normalized spacial score (nSPS) is 14.6. The molecule has 0 saturated heterocycles. The molecule has 22 heavy (non-hydrogen) atoms. The zero-order chi connectivity index (χ0) is 15.4. The Labute approximate surface area is 130 Å². The summed E-state index contributed by atoms with van der Waals surface area (Å²) in [6.07, 6.45) is -0.501. The molecule has 1 unspecified atom stereocenters. The molecule has 0 amide bonds. The van der Waals surface area contributed by atoms with Crippen LogP contribution in [0.3, 0.4) is 0 Å². The van der Waals surface area contributed by atoms with E-state index in [1.54, 1.807) is 0 Å². The van der Waals surface area contributed by atoms with Crippen LogP contribution in [0, 0.1) is 6.92 Å². The molecule has 2 aromatic rings. The first-order valence-corrected chi connectivity index (χ1v) is 7.57. The zero-order valence-corrected chi connectivity index (χ0v) is 12.7. The zero-order valence-electron chi connectivity index (χ0n) is 12.7. The fourth-order valence-electron chi connectivity index (χ4n) is 2.62. The van der Waals surface area contributed by atoms with Gasteiger partial charge in [0.15, 0.2) is 11.5 Å². The standard InChI is InChI=1S/C18H21NO3/c1-13-4-2-3-5-15(13)16(20)12-19-11-14-6-7-17-18(10-14)22-9-8-21-17/h2-7,10,16,19-20H,8-9,11-12H2,1H3. The van der Waals surface area contributed by atoms with E-state index >= 15 is 0 Å². The number of aliphatic hydroxyl groups is 1. The van der Waals surface area contributed by atoms with Crippen LogP contribution in [0.25, 0.3) is 0 Å². The van der Waals surface area contributed by atoms with E-state index in [1.165, 1.54) is 0 Å². The highest BCUT2D eigenvalue weighted by atomic mass is 16.6. The van der Waals surface area contributed by atoms with Crippen molar-refractivity contribution in [1.82, 2.24) is 5.32 Å². The molecule has 1 aliphatic rings. The van der Waals surface area contributed by atoms with Crippen molar-refractivity contribution in [3.63, 3.8) is 0 Å². The van der Waals surface area contributed by atoms with Gasteiger partial charge >= 0.3 is 0 Å². The molecule has 0 aromatic heterocycles. The Morgan fingerprint density at radius 3 is 2.68 bits per heavy atom. The fourth-order valence-corrected chi connectivity index (χ4v) is 2.62. The summed E-state index contributed by atoms with van der Waals surface area (Å²) in [6.45, 7) is 4.40. The number of rotatable bonds is 5. The van der Waals surface area contributed by atoms with Crippen molar-refractivity contribution in [3.8, 4) is 11.5 Å². The number of ether oxygens (including phenoxy) is 2. The van der Waals surface area contributed by atoms with Gasteiger partial charge in [-0.3, -0.25) is 0 Å². The first-order valence-electron chi connectivity index (χ1n) is 7.57. The molecule has 1 aliphatic heterocycles. The highest BCUT2D eigenvalue weighted by Crippen LogP contribution is 2.30. The average Bonchev–Trinajstić information content (AvgIpc) is 2.55. The Morgan fingerprint density at radius 2 is 1.86 bits per heavy atom. The lowest BCUT2D eigenvalue weighted by atomic mass is 10.0. The lowest BCUT2D eigenvalue weighted by Gasteiger charge is -2.19. The predicted octanol–water partition coefficient (Wildman–Crippen LogP) is 2.59. The molecule has 3 rings (SSSR count). The second kappa shape index (κ2) is 6.81. The monoisotopic (exact) mass is 299 g/mol. The van der Waals surface area contributed by atoms with Gasteiger partial charge in [0.25, 0.3) is 0 Å². The molecular formula is C18H21NO3. The summed E-state index contributed by atoms with van der Waals surface area (Å²) in [4.78, 5) is 0. The first kappa shape index (κ1) is 14.9. The van der Waals surface area contributed by atoms with Crippen molar-refractivity contribution < 1.29 is 14.6 Å². The molecule has 2 N–H and O–H groups in total. The third-order valence-corrected chi connectivity index (χ3v) is 3.82. The number of benzene rings is 2. The van der Waals surface area contributed by atoms with Crippen LogP contribution in [-0.4, -0.2) is 24.9 Å². The molecule has 0 spiro atoms. The Balaban J connectivity index is 1.56. The van der Waals surface area contributed by atoms with E-state index in [0.717, 1.165) is 28.2 Å². The first-order chi connectivity index (χ1) is 10.7. The van der Waals surface area contributed by atoms with Crippen LogP contribution in [0.15, 0.2) is 42.5 Å². The molecule has 0 radical (unpaired) electrons. The van der Waals surface area contributed by atoms with E-state index in [-0.39, 0.29) is 0 Å². The minimum absolute atomic E-state index is 0.501. The quantitative estimate of drug-likeness (QED) is 0.891. The smallest absolute Gasteiger partial charge is 0.161 e. The third-order valence-electron chi connectivity index (χ3n) is 3.82. The molecule has 116 valence electrons. The third kappa shape index (κ3) is 3.40. The lowest BCUT2D eigenvalue weighted by Crippen LogP contribution is -2.22. The van der Waals surface area contributed by atoms with Crippen LogP contribution >= 0.6 is 0 Å². The van der Waals surface area contributed by atoms with E-state index in [2.05, 4.69) is 5.32 Å². The van der Waals surface area contributed by atoms with Crippen LogP contribution in [0.1, 0.15) is 22.8 Å². The van der Waals surface area contributed by atoms with E-state index in [0.29, 0.717) is 26.3 Å². The van der Waals surface area contributed by atoms with Crippen molar-refractivity contribution in [3.05, 3.63) is 59.2 Å². The Bertz CT molecular complexity index is 642. The molecule has 1 heterocycles. The molecule has 0 bridgehead atoms. The molecule has 4 heteroatoms. The van der Waals surface area contributed by atoms with Gasteiger partial charge in [-0.2, -0.15) is 0 Å². The molecule has 2 aromatic carbocycles. The number of nitrogens with one attached hydrogen (secondary N) is 1. The number of aliphatic hydroxyl groups excluding tert-OH is 1. The average molecular weight is 299 g/mol. The van der Waals surface area contributed by atoms with Gasteiger partial charge < -0.3 is 19.9 Å². The number of hydrogen-bond donors (Lipinski definition) is 2. The van der Waals surface area contributed by atoms with E-state index in [1.807, 2.05) is 49.4 Å². The van der Waals surface area contributed by atoms with Gasteiger partial charge in [-0.25, -0.2) is 0 Å². The maximum atomic E-state index is 10.3. The van der Waals surface area contributed by atoms with Crippen molar-refractivity contribution in [2.75, 3.05) is 19.8 Å². The predicted molar refractivity (Wildman–Crippen MR) is 85.3 cm³/mol. The second-order valence-corrected chi connectivity index (χ2v) is 5.48. The van der Waals surface area contributed by atoms with Crippen molar-refractivity contribution in [2.45, 2.75) is 19.6 Å². The molecule has 0 aliphatic carbocycles. The molecular weight excluding hydrogens is 278 g/mol. The summed E-state index contributed by atoms with van der Waals surface area (Å²) in [5.41, 5.74) is 3.19. The minimum atomic E-state index is -0.501. The van der Waals surface area contributed by atoms with Crippen molar-refractivity contribution in [1.29, 1.82) is 0 Å². The number of hydrogen-bond acceptors (Lipinski definition) is 4. The summed E-state index contributed by atoms with van der Waals surface area (Å²) in [5.74, 6) is 1.60. The summed E-state index contributed by atoms with van der Waals surface area (Å²) >= 11 is 0. The summed E-state index contributed by atoms with van der Waals surface area (Å²) in [5, 5.41) is 13.6. The number of fused-ring (bicyclic) bond motifs is 1. The van der Waals surface area contributed by atoms with Gasteiger partial charge in [0.05, 0.1) is 6.10 Å². The van der Waals surface area contributed by atoms with Crippen LogP contribution in [0.2, 0.25) is 0 Å². The maximum absolute atomic E-state index is 10.3. The SMILES string of the molecule is Cc1ccccc1C(O)CNCc1ccc2c(c1)OCCO2. The second-order valence-electron chi connectivity index (χ2n) is 5.48. The van der Waals surface area contributed by atoms with Gasteiger partial charge in [0.1, 0.15) is 13.2 Å². The highest BCUT2D eigenvalue weighted by molar-refractivity contribution is 5.43. The van der Waals surface area contributed by atoms with Crippen LogP contribution in [-0.2, 0) is 6.54 Å². The van der Waals surface area contributed by atoms with Gasteiger partial charge in [-0.05, 0) is 35.7 Å². The van der Waals surface area contributed by atoms with Crippen LogP contribution in [0.5, 0.6) is 11.5 Å². The lowest BCUT2D eigenvalue weighted by molar-refractivity contribution is 0.170. The maximum Gasteiger partial charge on any atom is 0.161 e. The Kier molecular flexibility index (Phi) is 4.61. The Hall–Kier alpha value is -2.04. The highest BCUT2D eigenvalue weighted by Gasteiger charge is 2.12. The fraction of sp³-hybridized carbons (Fsp3) is 0.333. The van der Waals surface area contributed by atoms with Crippen molar-refractivity contribution >= 4 is 0 Å². The van der Waals surface area contributed by atoms with Gasteiger partial charge in [-0.1, -0.05) is 30.3 Å². The summed E-state index contributed by atoms with van der Waals surface area (Å²) < 4.78 is 11.1. The largest absolute Gasteiger partial charge is 0.486 e. The number of aryl methyl sites for hydroxylation is 1. The van der Waals surface area contributed by atoms with Crippen LogP contribution in [0.4, 0.5) is 0 Å². The van der Waals surface area contributed by atoms with E-state index in [9.17, 15) is 5.11 Å². The van der Waals surface area contributed by atoms with E-state index < -0.39 is 6.10 Å². The van der Waals surface area contributed by atoms with E-state index in [4.69, 9.17) is 9.47 Å². The molecule has 0 fully saturated rings. The molecule has 0 saturated carbocycles. The van der Waals surface area contributed by atoms with Gasteiger partial charge in [-0.15, -0.1) is 0 Å². The minimum Gasteiger partial charge on any atom is -0.486 e. The summed E-state index contributed by atoms with van der Waals surface area (Å²) in [7, 11) is 0. The van der Waals surface area contributed by atoms with Gasteiger partial charge in [0.2, 0.25) is 0 Å². The summed E-state index contributed by atoms with van der Waals surface area (Å²) in [6, 6.07) is 13.8. The van der Waals surface area contributed by atoms with Crippen LogP contribution < -0.4 is 14.8 Å².